The number of nitrogens with two attached hydrogens (primary N) is 1. The first-order valence-electron chi connectivity index (χ1n) is 6.91. The molecule has 0 aromatic heterocycles. The van der Waals surface area contributed by atoms with E-state index in [1.807, 2.05) is 0 Å². The normalized spacial score (nSPS) is 29.2. The van der Waals surface area contributed by atoms with Gasteiger partial charge in [-0.05, 0) is 49.8 Å². The average Bonchev–Trinajstić information content (AvgIpc) is 2.86. The van der Waals surface area contributed by atoms with Crippen molar-refractivity contribution in [2.45, 2.75) is 44.2 Å². The number of benzene rings is 1. The van der Waals surface area contributed by atoms with Crippen molar-refractivity contribution in [2.75, 3.05) is 13.1 Å². The molecule has 0 spiro atoms. The second-order valence-corrected chi connectivity index (χ2v) is 5.43. The summed E-state index contributed by atoms with van der Waals surface area (Å²) < 4.78 is 0. The van der Waals surface area contributed by atoms with E-state index in [2.05, 4.69) is 29.2 Å². The van der Waals surface area contributed by atoms with Crippen LogP contribution in [0.15, 0.2) is 24.3 Å². The first-order chi connectivity index (χ1) is 8.38. The monoisotopic (exact) mass is 230 g/mol. The molecule has 2 nitrogen and oxygen atoms in total. The molecule has 1 fully saturated rings. The minimum Gasteiger partial charge on any atom is -0.329 e. The lowest BCUT2D eigenvalue weighted by Gasteiger charge is -2.36. The van der Waals surface area contributed by atoms with E-state index in [0.29, 0.717) is 6.04 Å². The molecule has 1 aliphatic carbocycles. The highest BCUT2D eigenvalue weighted by atomic mass is 15.2. The minimum atomic E-state index is 0.644. The second-order valence-electron chi connectivity index (χ2n) is 5.43. The van der Waals surface area contributed by atoms with Gasteiger partial charge < -0.3 is 5.73 Å². The maximum absolute atomic E-state index is 5.88. The van der Waals surface area contributed by atoms with E-state index in [4.69, 9.17) is 5.73 Å². The Hall–Kier alpha value is -0.860. The molecule has 3 rings (SSSR count). The van der Waals surface area contributed by atoms with Crippen LogP contribution in [0.4, 0.5) is 0 Å². The Bertz CT molecular complexity index is 388. The summed E-state index contributed by atoms with van der Waals surface area (Å²) in [5, 5.41) is 0. The largest absolute Gasteiger partial charge is 0.329 e. The van der Waals surface area contributed by atoms with Crippen LogP contribution in [-0.4, -0.2) is 30.1 Å². The Morgan fingerprint density at radius 1 is 1.18 bits per heavy atom. The van der Waals surface area contributed by atoms with Gasteiger partial charge in [-0.15, -0.1) is 0 Å². The standard InChI is InChI=1S/C15H22N2/c16-11-15-6-3-9-17(15)14-8-7-12-4-1-2-5-13(12)10-14/h1-2,4-5,14-15H,3,6-11,16H2. The van der Waals surface area contributed by atoms with Gasteiger partial charge in [-0.1, -0.05) is 24.3 Å². The Kier molecular flexibility index (Phi) is 3.17. The molecule has 0 bridgehead atoms. The van der Waals surface area contributed by atoms with Crippen molar-refractivity contribution >= 4 is 0 Å². The molecule has 0 amide bonds. The Morgan fingerprint density at radius 3 is 2.82 bits per heavy atom. The molecule has 2 heteroatoms. The third-order valence-corrected chi connectivity index (χ3v) is 4.48. The van der Waals surface area contributed by atoms with E-state index in [0.717, 1.165) is 12.6 Å². The predicted octanol–water partition coefficient (Wildman–Crippen LogP) is 1.97. The molecular formula is C15H22N2. The van der Waals surface area contributed by atoms with Crippen LogP contribution in [0.1, 0.15) is 30.4 Å². The van der Waals surface area contributed by atoms with Crippen LogP contribution in [0, 0.1) is 0 Å². The lowest BCUT2D eigenvalue weighted by Crippen LogP contribution is -2.45. The van der Waals surface area contributed by atoms with Crippen LogP contribution in [0.25, 0.3) is 0 Å². The van der Waals surface area contributed by atoms with Gasteiger partial charge in [-0.25, -0.2) is 0 Å². The van der Waals surface area contributed by atoms with Gasteiger partial charge in [0.1, 0.15) is 0 Å². The molecule has 92 valence electrons. The first kappa shape index (κ1) is 11.2. The van der Waals surface area contributed by atoms with E-state index in [-0.39, 0.29) is 0 Å². The summed E-state index contributed by atoms with van der Waals surface area (Å²) in [7, 11) is 0. The zero-order chi connectivity index (χ0) is 11.7. The molecule has 2 unspecified atom stereocenters. The Morgan fingerprint density at radius 2 is 2.00 bits per heavy atom. The van der Waals surface area contributed by atoms with E-state index < -0.39 is 0 Å². The van der Waals surface area contributed by atoms with Crippen LogP contribution in [0.5, 0.6) is 0 Å². The van der Waals surface area contributed by atoms with Crippen molar-refractivity contribution in [1.82, 2.24) is 4.90 Å². The Labute approximate surface area is 104 Å². The van der Waals surface area contributed by atoms with E-state index in [1.54, 1.807) is 11.1 Å². The molecule has 2 atom stereocenters. The van der Waals surface area contributed by atoms with Crippen LogP contribution in [0.2, 0.25) is 0 Å². The van der Waals surface area contributed by atoms with Crippen LogP contribution in [-0.2, 0) is 12.8 Å². The summed E-state index contributed by atoms with van der Waals surface area (Å²) in [6.07, 6.45) is 6.42. The number of fused-ring (bicyclic) bond motifs is 1. The van der Waals surface area contributed by atoms with Gasteiger partial charge in [-0.3, -0.25) is 4.90 Å². The molecule has 0 radical (unpaired) electrons. The topological polar surface area (TPSA) is 29.3 Å². The summed E-state index contributed by atoms with van der Waals surface area (Å²) in [6.45, 7) is 2.09. The SMILES string of the molecule is NCC1CCCN1C1CCc2ccccc2C1. The molecule has 2 N–H and O–H groups in total. The smallest absolute Gasteiger partial charge is 0.0221 e. The highest BCUT2D eigenvalue weighted by Crippen LogP contribution is 2.29. The molecule has 0 saturated carbocycles. The fourth-order valence-electron chi connectivity index (χ4n) is 3.55. The molecule has 1 saturated heterocycles. The van der Waals surface area contributed by atoms with Gasteiger partial charge in [0.25, 0.3) is 0 Å². The van der Waals surface area contributed by atoms with Gasteiger partial charge in [0.15, 0.2) is 0 Å². The number of aryl methyl sites for hydroxylation is 1. The lowest BCUT2D eigenvalue weighted by molar-refractivity contribution is 0.167. The molecule has 1 aromatic carbocycles. The van der Waals surface area contributed by atoms with Crippen molar-refractivity contribution in [2.24, 2.45) is 5.73 Å². The molecule has 1 aromatic rings. The van der Waals surface area contributed by atoms with Crippen LogP contribution < -0.4 is 5.73 Å². The second kappa shape index (κ2) is 4.79. The van der Waals surface area contributed by atoms with Gasteiger partial charge >= 0.3 is 0 Å². The van der Waals surface area contributed by atoms with E-state index >= 15 is 0 Å². The zero-order valence-corrected chi connectivity index (χ0v) is 10.4. The van der Waals surface area contributed by atoms with Crippen molar-refractivity contribution in [1.29, 1.82) is 0 Å². The summed E-state index contributed by atoms with van der Waals surface area (Å²) in [5.74, 6) is 0. The number of rotatable bonds is 2. The molecule has 2 aliphatic rings. The quantitative estimate of drug-likeness (QED) is 0.841. The van der Waals surface area contributed by atoms with Crippen molar-refractivity contribution in [3.05, 3.63) is 35.4 Å². The summed E-state index contributed by atoms with van der Waals surface area (Å²) in [4.78, 5) is 2.68. The van der Waals surface area contributed by atoms with Crippen molar-refractivity contribution in [3.8, 4) is 0 Å². The van der Waals surface area contributed by atoms with Gasteiger partial charge in [0.2, 0.25) is 0 Å². The fourth-order valence-corrected chi connectivity index (χ4v) is 3.55. The molecule has 1 aliphatic heterocycles. The molecule has 17 heavy (non-hydrogen) atoms. The van der Waals surface area contributed by atoms with Crippen molar-refractivity contribution in [3.63, 3.8) is 0 Å². The van der Waals surface area contributed by atoms with Gasteiger partial charge in [0, 0.05) is 18.6 Å². The lowest BCUT2D eigenvalue weighted by atomic mass is 9.87. The summed E-state index contributed by atoms with van der Waals surface area (Å²) in [5.41, 5.74) is 9.01. The number of hydrogen-bond acceptors (Lipinski definition) is 2. The highest BCUT2D eigenvalue weighted by Gasteiger charge is 2.31. The van der Waals surface area contributed by atoms with Gasteiger partial charge in [0.05, 0.1) is 0 Å². The van der Waals surface area contributed by atoms with Crippen LogP contribution in [0.3, 0.4) is 0 Å². The van der Waals surface area contributed by atoms with E-state index in [1.165, 1.54) is 38.6 Å². The highest BCUT2D eigenvalue weighted by molar-refractivity contribution is 5.30. The maximum Gasteiger partial charge on any atom is 0.0221 e. The maximum atomic E-state index is 5.88. The predicted molar refractivity (Wildman–Crippen MR) is 71.0 cm³/mol. The average molecular weight is 230 g/mol. The summed E-state index contributed by atoms with van der Waals surface area (Å²) >= 11 is 0. The fraction of sp³-hybridized carbons (Fsp3) is 0.600. The number of hydrogen-bond donors (Lipinski definition) is 1. The van der Waals surface area contributed by atoms with Gasteiger partial charge in [-0.2, -0.15) is 0 Å². The third-order valence-electron chi connectivity index (χ3n) is 4.48. The summed E-state index contributed by atoms with van der Waals surface area (Å²) in [6, 6.07) is 10.3. The number of nitrogens with zero attached hydrogens (tertiary/aromatic N) is 1. The first-order valence-corrected chi connectivity index (χ1v) is 6.91. The number of likely N-dealkylation sites (tertiary alicyclic amines) is 1. The Balaban J connectivity index is 1.75. The zero-order valence-electron chi connectivity index (χ0n) is 10.4. The minimum absolute atomic E-state index is 0.644. The molecular weight excluding hydrogens is 208 g/mol. The van der Waals surface area contributed by atoms with E-state index in [9.17, 15) is 0 Å². The van der Waals surface area contributed by atoms with Crippen LogP contribution >= 0.6 is 0 Å². The molecule has 1 heterocycles. The van der Waals surface area contributed by atoms with Crippen molar-refractivity contribution < 1.29 is 0 Å². The third kappa shape index (κ3) is 2.12.